The van der Waals surface area contributed by atoms with E-state index in [1.165, 1.54) is 4.90 Å². The molecular formula is C16H20N3O+. The van der Waals surface area contributed by atoms with Crippen LogP contribution in [0.5, 0.6) is 0 Å². The number of benzene rings is 1. The Hall–Kier alpha value is -2.12. The maximum Gasteiger partial charge on any atom is 0.264 e. The van der Waals surface area contributed by atoms with Gasteiger partial charge < -0.3 is 9.80 Å². The molecule has 1 aromatic carbocycles. The van der Waals surface area contributed by atoms with E-state index in [0.29, 0.717) is 0 Å². The standard InChI is InChI=1S/C16H19N3O/c1-13-5-3-4-6-14(13)11-15(12-17)16(20)19-9-7-18(2)8-10-19/h3-6,11H,7-10H2,1-2H3/p+1/b15-11+. The van der Waals surface area contributed by atoms with Crippen molar-refractivity contribution in [2.24, 2.45) is 0 Å². The average molecular weight is 270 g/mol. The molecule has 1 heterocycles. The number of nitrogens with one attached hydrogen (secondary N) is 1. The minimum absolute atomic E-state index is 0.150. The summed E-state index contributed by atoms with van der Waals surface area (Å²) in [5.41, 5.74) is 2.21. The van der Waals surface area contributed by atoms with Gasteiger partial charge in [0.1, 0.15) is 11.6 Å². The summed E-state index contributed by atoms with van der Waals surface area (Å²) in [5, 5.41) is 9.26. The number of amides is 1. The van der Waals surface area contributed by atoms with Gasteiger partial charge >= 0.3 is 0 Å². The van der Waals surface area contributed by atoms with Crippen molar-refractivity contribution < 1.29 is 9.69 Å². The van der Waals surface area contributed by atoms with Crippen LogP contribution < -0.4 is 4.90 Å². The van der Waals surface area contributed by atoms with Crippen LogP contribution in [0.3, 0.4) is 0 Å². The van der Waals surface area contributed by atoms with Gasteiger partial charge in [0.2, 0.25) is 0 Å². The molecule has 1 aliphatic heterocycles. The third-order valence-electron chi connectivity index (χ3n) is 3.74. The number of hydrogen-bond acceptors (Lipinski definition) is 2. The largest absolute Gasteiger partial charge is 0.334 e. The van der Waals surface area contributed by atoms with Gasteiger partial charge in [-0.05, 0) is 24.1 Å². The van der Waals surface area contributed by atoms with Gasteiger partial charge in [0.15, 0.2) is 0 Å². The van der Waals surface area contributed by atoms with Crippen molar-refractivity contribution >= 4 is 12.0 Å². The second-order valence-corrected chi connectivity index (χ2v) is 5.28. The van der Waals surface area contributed by atoms with E-state index in [0.717, 1.165) is 37.3 Å². The van der Waals surface area contributed by atoms with E-state index in [1.54, 1.807) is 11.0 Å². The zero-order valence-electron chi connectivity index (χ0n) is 12.0. The Morgan fingerprint density at radius 3 is 2.60 bits per heavy atom. The highest BCUT2D eigenvalue weighted by Gasteiger charge is 2.23. The summed E-state index contributed by atoms with van der Waals surface area (Å²) in [6.07, 6.45) is 1.70. The summed E-state index contributed by atoms with van der Waals surface area (Å²) in [5.74, 6) is -0.150. The lowest BCUT2D eigenvalue weighted by Gasteiger charge is -2.29. The molecule has 4 heteroatoms. The molecule has 0 aromatic heterocycles. The molecule has 0 radical (unpaired) electrons. The number of hydrogen-bond donors (Lipinski definition) is 1. The van der Waals surface area contributed by atoms with Crippen LogP contribution in [0.1, 0.15) is 11.1 Å². The highest BCUT2D eigenvalue weighted by molar-refractivity contribution is 6.01. The quantitative estimate of drug-likeness (QED) is 0.619. The van der Waals surface area contributed by atoms with Crippen molar-refractivity contribution in [1.82, 2.24) is 4.90 Å². The zero-order chi connectivity index (χ0) is 14.5. The van der Waals surface area contributed by atoms with Gasteiger partial charge in [-0.3, -0.25) is 4.79 Å². The Morgan fingerprint density at radius 1 is 1.35 bits per heavy atom. The van der Waals surface area contributed by atoms with Crippen LogP contribution in [0, 0.1) is 18.3 Å². The number of rotatable bonds is 2. The maximum absolute atomic E-state index is 12.4. The molecule has 0 spiro atoms. The minimum Gasteiger partial charge on any atom is -0.334 e. The van der Waals surface area contributed by atoms with E-state index < -0.39 is 0 Å². The fourth-order valence-corrected chi connectivity index (χ4v) is 2.31. The number of likely N-dealkylation sites (N-methyl/N-ethyl adjacent to an activating group) is 1. The number of nitrogens with zero attached hydrogens (tertiary/aromatic N) is 2. The van der Waals surface area contributed by atoms with Crippen molar-refractivity contribution in [3.05, 3.63) is 41.0 Å². The van der Waals surface area contributed by atoms with Crippen LogP contribution in [0.4, 0.5) is 0 Å². The van der Waals surface area contributed by atoms with Crippen molar-refractivity contribution in [2.45, 2.75) is 6.92 Å². The fourth-order valence-electron chi connectivity index (χ4n) is 2.31. The van der Waals surface area contributed by atoms with Crippen LogP contribution in [0.2, 0.25) is 0 Å². The number of piperazine rings is 1. The molecule has 1 aromatic rings. The van der Waals surface area contributed by atoms with Crippen LogP contribution >= 0.6 is 0 Å². The molecule has 1 N–H and O–H groups in total. The molecule has 1 fully saturated rings. The maximum atomic E-state index is 12.4. The SMILES string of the molecule is Cc1ccccc1/C=C(\C#N)C(=O)N1CC[NH+](C)CC1. The fraction of sp³-hybridized carbons (Fsp3) is 0.375. The summed E-state index contributed by atoms with van der Waals surface area (Å²) < 4.78 is 0. The topological polar surface area (TPSA) is 48.5 Å². The van der Waals surface area contributed by atoms with Crippen molar-refractivity contribution in [1.29, 1.82) is 5.26 Å². The number of quaternary nitrogens is 1. The lowest BCUT2D eigenvalue weighted by atomic mass is 10.1. The Morgan fingerprint density at radius 2 is 2.00 bits per heavy atom. The van der Waals surface area contributed by atoms with E-state index in [1.807, 2.05) is 37.3 Å². The van der Waals surface area contributed by atoms with Gasteiger partial charge in [-0.25, -0.2) is 0 Å². The number of nitriles is 1. The van der Waals surface area contributed by atoms with E-state index in [-0.39, 0.29) is 11.5 Å². The normalized spacial score (nSPS) is 16.9. The first-order valence-corrected chi connectivity index (χ1v) is 6.90. The van der Waals surface area contributed by atoms with Crippen molar-refractivity contribution in [3.8, 4) is 6.07 Å². The summed E-state index contributed by atoms with van der Waals surface area (Å²) in [6, 6.07) is 9.81. The van der Waals surface area contributed by atoms with Gasteiger partial charge in [0.05, 0.1) is 33.2 Å². The molecule has 2 rings (SSSR count). The van der Waals surface area contributed by atoms with Crippen LogP contribution in [-0.4, -0.2) is 44.0 Å². The molecule has 1 aliphatic rings. The average Bonchev–Trinajstić information content (AvgIpc) is 2.46. The Kier molecular flexibility index (Phi) is 4.54. The smallest absolute Gasteiger partial charge is 0.264 e. The molecule has 0 bridgehead atoms. The van der Waals surface area contributed by atoms with Crippen LogP contribution in [-0.2, 0) is 4.79 Å². The number of carbonyl (C=O) groups is 1. The van der Waals surface area contributed by atoms with Gasteiger partial charge in [0, 0.05) is 0 Å². The van der Waals surface area contributed by atoms with Gasteiger partial charge in [-0.15, -0.1) is 0 Å². The summed E-state index contributed by atoms with van der Waals surface area (Å²) in [4.78, 5) is 15.6. The van der Waals surface area contributed by atoms with E-state index >= 15 is 0 Å². The predicted molar refractivity (Wildman–Crippen MR) is 78.0 cm³/mol. The van der Waals surface area contributed by atoms with Crippen LogP contribution in [0.15, 0.2) is 29.8 Å². The lowest BCUT2D eigenvalue weighted by Crippen LogP contribution is -3.12. The van der Waals surface area contributed by atoms with E-state index in [4.69, 9.17) is 0 Å². The molecule has 1 saturated heterocycles. The summed E-state index contributed by atoms with van der Waals surface area (Å²) in [6.45, 7) is 5.29. The molecule has 20 heavy (non-hydrogen) atoms. The summed E-state index contributed by atoms with van der Waals surface area (Å²) in [7, 11) is 2.12. The molecule has 104 valence electrons. The monoisotopic (exact) mass is 270 g/mol. The molecule has 0 atom stereocenters. The van der Waals surface area contributed by atoms with Crippen molar-refractivity contribution in [2.75, 3.05) is 33.2 Å². The minimum atomic E-state index is -0.150. The third-order valence-corrected chi connectivity index (χ3v) is 3.74. The van der Waals surface area contributed by atoms with Crippen LogP contribution in [0.25, 0.3) is 6.08 Å². The van der Waals surface area contributed by atoms with Gasteiger partial charge in [0.25, 0.3) is 5.91 Å². The second kappa shape index (κ2) is 6.36. The zero-order valence-corrected chi connectivity index (χ0v) is 12.0. The second-order valence-electron chi connectivity index (χ2n) is 5.28. The highest BCUT2D eigenvalue weighted by atomic mass is 16.2. The van der Waals surface area contributed by atoms with E-state index in [2.05, 4.69) is 7.05 Å². The number of carbonyl (C=O) groups excluding carboxylic acids is 1. The molecule has 0 saturated carbocycles. The van der Waals surface area contributed by atoms with E-state index in [9.17, 15) is 10.1 Å². The third kappa shape index (κ3) is 3.25. The Bertz CT molecular complexity index is 563. The molecule has 1 amide bonds. The molecule has 0 unspecified atom stereocenters. The molecular weight excluding hydrogens is 250 g/mol. The molecule has 0 aliphatic carbocycles. The van der Waals surface area contributed by atoms with Gasteiger partial charge in [-0.1, -0.05) is 24.3 Å². The summed E-state index contributed by atoms with van der Waals surface area (Å²) >= 11 is 0. The van der Waals surface area contributed by atoms with Gasteiger partial charge in [-0.2, -0.15) is 5.26 Å². The predicted octanol–water partition coefficient (Wildman–Crippen LogP) is 0.259. The Labute approximate surface area is 119 Å². The van der Waals surface area contributed by atoms with Crippen molar-refractivity contribution in [3.63, 3.8) is 0 Å². The Balaban J connectivity index is 2.18. The first-order valence-electron chi connectivity index (χ1n) is 6.90. The number of aryl methyl sites for hydroxylation is 1. The highest BCUT2D eigenvalue weighted by Crippen LogP contribution is 2.13. The first-order chi connectivity index (χ1) is 9.61. The molecule has 4 nitrogen and oxygen atoms in total. The lowest BCUT2D eigenvalue weighted by molar-refractivity contribution is -0.883. The first kappa shape index (κ1) is 14.3.